The molecule has 1 amide bonds. The molecule has 0 saturated carbocycles. The zero-order chi connectivity index (χ0) is 12.3. The average Bonchev–Trinajstić information content (AvgIpc) is 2.72. The molecule has 0 radical (unpaired) electrons. The highest BCUT2D eigenvalue weighted by Gasteiger charge is 2.16. The van der Waals surface area contributed by atoms with Crippen molar-refractivity contribution < 1.29 is 4.79 Å². The first-order valence-corrected chi connectivity index (χ1v) is 6.12. The van der Waals surface area contributed by atoms with Gasteiger partial charge in [0.1, 0.15) is 5.92 Å². The van der Waals surface area contributed by atoms with Crippen LogP contribution in [0.2, 0.25) is 0 Å². The highest BCUT2D eigenvalue weighted by molar-refractivity contribution is 7.22. The van der Waals surface area contributed by atoms with Gasteiger partial charge in [-0.25, -0.2) is 4.98 Å². The number of hydrogen-bond donors (Lipinski definition) is 1. The summed E-state index contributed by atoms with van der Waals surface area (Å²) >= 11 is 1.41. The first kappa shape index (κ1) is 11.6. The molecule has 1 aromatic carbocycles. The van der Waals surface area contributed by atoms with Crippen molar-refractivity contribution in [1.82, 2.24) is 4.98 Å². The Morgan fingerprint density at radius 1 is 1.59 bits per heavy atom. The molecule has 0 aliphatic heterocycles. The lowest BCUT2D eigenvalue weighted by atomic mass is 10.1. The summed E-state index contributed by atoms with van der Waals surface area (Å²) in [5, 5.41) is 12.0. The zero-order valence-corrected chi connectivity index (χ0v) is 10.1. The van der Waals surface area contributed by atoms with Crippen LogP contribution in [0.4, 0.5) is 5.13 Å². The average molecular weight is 245 g/mol. The van der Waals surface area contributed by atoms with E-state index in [-0.39, 0.29) is 5.91 Å². The predicted molar refractivity (Wildman–Crippen MR) is 67.6 cm³/mol. The van der Waals surface area contributed by atoms with Crippen LogP contribution in [0, 0.1) is 17.2 Å². The normalized spacial score (nSPS) is 12.0. The number of rotatable bonds is 3. The minimum Gasteiger partial charge on any atom is -0.301 e. The van der Waals surface area contributed by atoms with Gasteiger partial charge in [0.05, 0.1) is 16.3 Å². The summed E-state index contributed by atoms with van der Waals surface area (Å²) in [5.74, 6) is -0.893. The Morgan fingerprint density at radius 3 is 3.00 bits per heavy atom. The van der Waals surface area contributed by atoms with Gasteiger partial charge in [-0.15, -0.1) is 0 Å². The van der Waals surface area contributed by atoms with Gasteiger partial charge in [-0.05, 0) is 18.6 Å². The van der Waals surface area contributed by atoms with E-state index in [0.29, 0.717) is 11.6 Å². The molecule has 17 heavy (non-hydrogen) atoms. The SMILES string of the molecule is CCC(C#N)C(=O)Nc1nc2ccccc2s1. The maximum atomic E-state index is 11.7. The number of nitrogens with one attached hydrogen (secondary N) is 1. The summed E-state index contributed by atoms with van der Waals surface area (Å²) in [6, 6.07) is 9.64. The number of nitriles is 1. The topological polar surface area (TPSA) is 65.8 Å². The summed E-state index contributed by atoms with van der Waals surface area (Å²) in [4.78, 5) is 16.0. The summed E-state index contributed by atoms with van der Waals surface area (Å²) in [7, 11) is 0. The number of thiazole rings is 1. The summed E-state index contributed by atoms with van der Waals surface area (Å²) in [6.45, 7) is 1.81. The number of para-hydroxylation sites is 1. The molecule has 0 saturated heterocycles. The Bertz CT molecular complexity index is 552. The van der Waals surface area contributed by atoms with Gasteiger partial charge in [-0.2, -0.15) is 5.26 Å². The molecule has 1 aromatic heterocycles. The Hall–Kier alpha value is -1.93. The third-order valence-electron chi connectivity index (χ3n) is 2.40. The number of hydrogen-bond acceptors (Lipinski definition) is 4. The van der Waals surface area contributed by atoms with Crippen LogP contribution in [0.25, 0.3) is 10.2 Å². The Labute approximate surface area is 103 Å². The lowest BCUT2D eigenvalue weighted by Crippen LogP contribution is -2.20. The summed E-state index contributed by atoms with van der Waals surface area (Å²) in [5.41, 5.74) is 0.859. The van der Waals surface area contributed by atoms with Crippen LogP contribution in [-0.2, 0) is 4.79 Å². The second-order valence-electron chi connectivity index (χ2n) is 3.57. The fourth-order valence-electron chi connectivity index (χ4n) is 1.45. The quantitative estimate of drug-likeness (QED) is 0.904. The van der Waals surface area contributed by atoms with E-state index in [4.69, 9.17) is 5.26 Å². The molecule has 1 heterocycles. The monoisotopic (exact) mass is 245 g/mol. The van der Waals surface area contributed by atoms with Crippen molar-refractivity contribution in [3.63, 3.8) is 0 Å². The number of nitrogens with zero attached hydrogens (tertiary/aromatic N) is 2. The zero-order valence-electron chi connectivity index (χ0n) is 9.30. The summed E-state index contributed by atoms with van der Waals surface area (Å²) < 4.78 is 1.02. The second kappa shape index (κ2) is 4.93. The van der Waals surface area contributed by atoms with Gasteiger partial charge in [0.2, 0.25) is 5.91 Å². The Morgan fingerprint density at radius 2 is 2.35 bits per heavy atom. The standard InChI is InChI=1S/C12H11N3OS/c1-2-8(7-13)11(16)15-12-14-9-5-3-4-6-10(9)17-12/h3-6,8H,2H2,1H3,(H,14,15,16). The van der Waals surface area contributed by atoms with Gasteiger partial charge in [0, 0.05) is 0 Å². The minimum atomic E-state index is -0.609. The highest BCUT2D eigenvalue weighted by atomic mass is 32.1. The number of anilines is 1. The first-order chi connectivity index (χ1) is 8.24. The maximum Gasteiger partial charge on any atom is 0.243 e. The van der Waals surface area contributed by atoms with Gasteiger partial charge >= 0.3 is 0 Å². The van der Waals surface area contributed by atoms with E-state index in [9.17, 15) is 4.79 Å². The molecule has 2 rings (SSSR count). The number of amides is 1. The van der Waals surface area contributed by atoms with E-state index in [1.807, 2.05) is 37.3 Å². The van der Waals surface area contributed by atoms with Gasteiger partial charge < -0.3 is 5.32 Å². The molecule has 0 bridgehead atoms. The van der Waals surface area contributed by atoms with Crippen molar-refractivity contribution in [1.29, 1.82) is 5.26 Å². The van der Waals surface area contributed by atoms with Gasteiger partial charge in [-0.3, -0.25) is 4.79 Å². The fraction of sp³-hybridized carbons (Fsp3) is 0.250. The van der Waals surface area contributed by atoms with Gasteiger partial charge in [0.25, 0.3) is 0 Å². The molecule has 0 aliphatic carbocycles. The number of fused-ring (bicyclic) bond motifs is 1. The van der Waals surface area contributed by atoms with Crippen molar-refractivity contribution in [2.75, 3.05) is 5.32 Å². The molecular formula is C12H11N3OS. The van der Waals surface area contributed by atoms with E-state index in [0.717, 1.165) is 10.2 Å². The third-order valence-corrected chi connectivity index (χ3v) is 3.36. The van der Waals surface area contributed by atoms with Crippen LogP contribution < -0.4 is 5.32 Å². The van der Waals surface area contributed by atoms with E-state index >= 15 is 0 Å². The molecule has 4 nitrogen and oxygen atoms in total. The van der Waals surface area contributed by atoms with Crippen LogP contribution in [0.1, 0.15) is 13.3 Å². The molecule has 1 atom stereocenters. The van der Waals surface area contributed by atoms with E-state index in [1.165, 1.54) is 11.3 Å². The van der Waals surface area contributed by atoms with Crippen LogP contribution in [-0.4, -0.2) is 10.9 Å². The molecule has 0 aliphatic rings. The van der Waals surface area contributed by atoms with Gasteiger partial charge in [0.15, 0.2) is 5.13 Å². The van der Waals surface area contributed by atoms with Crippen molar-refractivity contribution in [3.8, 4) is 6.07 Å². The predicted octanol–water partition coefficient (Wildman–Crippen LogP) is 2.78. The number of aromatic nitrogens is 1. The molecule has 2 aromatic rings. The number of carbonyl (C=O) groups is 1. The lowest BCUT2D eigenvalue weighted by Gasteiger charge is -2.04. The van der Waals surface area contributed by atoms with E-state index in [1.54, 1.807) is 0 Å². The van der Waals surface area contributed by atoms with Crippen LogP contribution in [0.5, 0.6) is 0 Å². The minimum absolute atomic E-state index is 0.283. The van der Waals surface area contributed by atoms with Crippen LogP contribution in [0.3, 0.4) is 0 Å². The van der Waals surface area contributed by atoms with Gasteiger partial charge in [-0.1, -0.05) is 30.4 Å². The number of benzene rings is 1. The summed E-state index contributed by atoms with van der Waals surface area (Å²) in [6.07, 6.45) is 0.507. The largest absolute Gasteiger partial charge is 0.301 e. The number of carbonyl (C=O) groups excluding carboxylic acids is 1. The van der Waals surface area contributed by atoms with Crippen molar-refractivity contribution in [2.24, 2.45) is 5.92 Å². The first-order valence-electron chi connectivity index (χ1n) is 5.30. The van der Waals surface area contributed by atoms with Crippen LogP contribution in [0.15, 0.2) is 24.3 Å². The highest BCUT2D eigenvalue weighted by Crippen LogP contribution is 2.25. The maximum absolute atomic E-state index is 11.7. The van der Waals surface area contributed by atoms with Crippen molar-refractivity contribution in [3.05, 3.63) is 24.3 Å². The molecule has 86 valence electrons. The third kappa shape index (κ3) is 2.43. The molecular weight excluding hydrogens is 234 g/mol. The van der Waals surface area contributed by atoms with Crippen molar-refractivity contribution >= 4 is 32.6 Å². The van der Waals surface area contributed by atoms with E-state index in [2.05, 4.69) is 10.3 Å². The Kier molecular flexibility index (Phi) is 3.35. The second-order valence-corrected chi connectivity index (χ2v) is 4.60. The molecule has 0 fully saturated rings. The van der Waals surface area contributed by atoms with E-state index < -0.39 is 5.92 Å². The fourth-order valence-corrected chi connectivity index (χ4v) is 2.32. The van der Waals surface area contributed by atoms with Crippen molar-refractivity contribution in [2.45, 2.75) is 13.3 Å². The molecule has 1 unspecified atom stereocenters. The lowest BCUT2D eigenvalue weighted by molar-refractivity contribution is -0.118. The molecule has 5 heteroatoms. The Balaban J connectivity index is 2.19. The molecule has 1 N–H and O–H groups in total. The smallest absolute Gasteiger partial charge is 0.243 e. The molecule has 0 spiro atoms. The van der Waals surface area contributed by atoms with Crippen LogP contribution >= 0.6 is 11.3 Å².